The van der Waals surface area contributed by atoms with Gasteiger partial charge in [0.25, 0.3) is 0 Å². The molecule has 0 aromatic carbocycles. The lowest BCUT2D eigenvalue weighted by molar-refractivity contribution is 0.232. The molecule has 3 heterocycles. The molecule has 1 aliphatic heterocycles. The van der Waals surface area contributed by atoms with Crippen molar-refractivity contribution in [2.24, 2.45) is 0 Å². The molecule has 1 aliphatic rings. The van der Waals surface area contributed by atoms with Crippen molar-refractivity contribution in [2.45, 2.75) is 45.3 Å². The molecule has 9 heteroatoms. The van der Waals surface area contributed by atoms with E-state index in [1.165, 1.54) is 11.3 Å². The summed E-state index contributed by atoms with van der Waals surface area (Å²) in [6, 6.07) is 1.40. The number of aryl methyl sites for hydroxylation is 2. The lowest BCUT2D eigenvalue weighted by atomic mass is 10.1. The Balaban J connectivity index is 1.60. The number of nitrogens with one attached hydrogen (secondary N) is 2. The quantitative estimate of drug-likeness (QED) is 0.860. The summed E-state index contributed by atoms with van der Waals surface area (Å²) in [7, 11) is 0. The van der Waals surface area contributed by atoms with Gasteiger partial charge in [-0.3, -0.25) is 0 Å². The maximum atomic E-state index is 12.1. The van der Waals surface area contributed by atoms with Crippen molar-refractivity contribution in [2.75, 3.05) is 0 Å². The van der Waals surface area contributed by atoms with Gasteiger partial charge in [-0.25, -0.2) is 14.5 Å². The predicted octanol–water partition coefficient (Wildman–Crippen LogP) is 3.54. The van der Waals surface area contributed by atoms with E-state index < -0.39 is 0 Å². The number of halogens is 2. The minimum absolute atomic E-state index is 0.113. The van der Waals surface area contributed by atoms with Crippen molar-refractivity contribution in [1.82, 2.24) is 25.4 Å². The number of hydrogen-bond donors (Lipinski definition) is 2. The molecule has 2 amide bonds. The van der Waals surface area contributed by atoms with Crippen LogP contribution in [0.2, 0.25) is 8.67 Å². The maximum absolute atomic E-state index is 12.1. The summed E-state index contributed by atoms with van der Waals surface area (Å²) in [5.41, 5.74) is 0.817. The first-order chi connectivity index (χ1) is 11.1. The summed E-state index contributed by atoms with van der Waals surface area (Å²) in [6.07, 6.45) is 2.62. The van der Waals surface area contributed by atoms with E-state index in [0.717, 1.165) is 43.0 Å². The van der Waals surface area contributed by atoms with Crippen molar-refractivity contribution in [3.8, 4) is 0 Å². The fraction of sp³-hybridized carbons (Fsp3) is 0.500. The molecule has 1 unspecified atom stereocenters. The fourth-order valence-electron chi connectivity index (χ4n) is 2.57. The number of fused-ring (bicyclic) bond motifs is 1. The third kappa shape index (κ3) is 3.79. The van der Waals surface area contributed by atoms with Crippen LogP contribution in [0.25, 0.3) is 0 Å². The molecule has 0 aliphatic carbocycles. The molecule has 0 spiro atoms. The zero-order chi connectivity index (χ0) is 16.4. The van der Waals surface area contributed by atoms with Crippen molar-refractivity contribution in [3.63, 3.8) is 0 Å². The first kappa shape index (κ1) is 16.5. The lowest BCUT2D eigenvalue weighted by Gasteiger charge is -2.23. The highest BCUT2D eigenvalue weighted by atomic mass is 35.5. The summed E-state index contributed by atoms with van der Waals surface area (Å²) in [4.78, 5) is 16.6. The Morgan fingerprint density at radius 2 is 2.35 bits per heavy atom. The number of hydrogen-bond acceptors (Lipinski definition) is 4. The molecule has 2 aromatic heterocycles. The molecule has 6 nitrogen and oxygen atoms in total. The SMILES string of the molecule is CCc1nc2n(n1)CCCC2NC(=O)NCc1cc(Cl)sc1Cl. The van der Waals surface area contributed by atoms with Crippen LogP contribution in [0.15, 0.2) is 6.07 Å². The van der Waals surface area contributed by atoms with Gasteiger partial charge in [0.2, 0.25) is 0 Å². The Kier molecular flexibility index (Phi) is 5.08. The number of aromatic nitrogens is 3. The minimum atomic E-state index is -0.247. The predicted molar refractivity (Wildman–Crippen MR) is 91.1 cm³/mol. The Labute approximate surface area is 148 Å². The van der Waals surface area contributed by atoms with Crippen LogP contribution in [0.5, 0.6) is 0 Å². The zero-order valence-corrected chi connectivity index (χ0v) is 14.9. The van der Waals surface area contributed by atoms with E-state index in [4.69, 9.17) is 23.2 Å². The average molecular weight is 374 g/mol. The molecule has 3 rings (SSSR count). The van der Waals surface area contributed by atoms with Crippen LogP contribution in [-0.4, -0.2) is 20.8 Å². The third-order valence-corrected chi connectivity index (χ3v) is 5.28. The van der Waals surface area contributed by atoms with Crippen molar-refractivity contribution >= 4 is 40.6 Å². The van der Waals surface area contributed by atoms with Gasteiger partial charge in [0.15, 0.2) is 5.82 Å². The van der Waals surface area contributed by atoms with Crippen LogP contribution in [0.4, 0.5) is 4.79 Å². The Hall–Kier alpha value is -1.31. The molecule has 1 atom stereocenters. The summed E-state index contributed by atoms with van der Waals surface area (Å²) >= 11 is 13.2. The van der Waals surface area contributed by atoms with Crippen molar-refractivity contribution < 1.29 is 4.79 Å². The molecule has 0 saturated heterocycles. The second-order valence-electron chi connectivity index (χ2n) is 5.33. The lowest BCUT2D eigenvalue weighted by Crippen LogP contribution is -2.39. The first-order valence-electron chi connectivity index (χ1n) is 7.48. The summed E-state index contributed by atoms with van der Waals surface area (Å²) in [5, 5.41) is 10.2. The van der Waals surface area contributed by atoms with Gasteiger partial charge in [-0.2, -0.15) is 5.10 Å². The van der Waals surface area contributed by atoms with Crippen molar-refractivity contribution in [3.05, 3.63) is 32.0 Å². The van der Waals surface area contributed by atoms with Crippen LogP contribution in [0.1, 0.15) is 43.0 Å². The van der Waals surface area contributed by atoms with Gasteiger partial charge in [0.05, 0.1) is 14.7 Å². The van der Waals surface area contributed by atoms with Crippen LogP contribution in [0, 0.1) is 0 Å². The molecule has 124 valence electrons. The third-order valence-electron chi connectivity index (χ3n) is 3.71. The Bertz CT molecular complexity index is 714. The van der Waals surface area contributed by atoms with E-state index in [2.05, 4.69) is 20.7 Å². The highest BCUT2D eigenvalue weighted by molar-refractivity contribution is 7.20. The van der Waals surface area contributed by atoms with Gasteiger partial charge in [0.1, 0.15) is 5.82 Å². The van der Waals surface area contributed by atoms with Crippen LogP contribution < -0.4 is 10.6 Å². The second kappa shape index (κ2) is 7.07. The van der Waals surface area contributed by atoms with E-state index >= 15 is 0 Å². The number of thiophene rings is 1. The highest BCUT2D eigenvalue weighted by Crippen LogP contribution is 2.31. The molecule has 0 saturated carbocycles. The number of nitrogens with zero attached hydrogens (tertiary/aromatic N) is 3. The smallest absolute Gasteiger partial charge is 0.315 e. The standard InChI is InChI=1S/C14H17Cl2N5OS/c1-2-11-19-13-9(4-3-5-21(13)20-11)18-14(22)17-7-8-6-10(15)23-12(8)16/h6,9H,2-5,7H2,1H3,(H2,17,18,22). The number of carbonyl (C=O) groups is 1. The average Bonchev–Trinajstić information content (AvgIpc) is 3.08. The topological polar surface area (TPSA) is 71.8 Å². The fourth-order valence-corrected chi connectivity index (χ4v) is 4.05. The summed E-state index contributed by atoms with van der Waals surface area (Å²) in [6.45, 7) is 3.21. The normalized spacial score (nSPS) is 16.9. The minimum Gasteiger partial charge on any atom is -0.334 e. The van der Waals surface area contributed by atoms with Gasteiger partial charge in [0, 0.05) is 25.1 Å². The molecular formula is C14H17Cl2N5OS. The number of rotatable bonds is 4. The Morgan fingerprint density at radius 1 is 1.52 bits per heavy atom. The monoisotopic (exact) mass is 373 g/mol. The van der Waals surface area contributed by atoms with Crippen LogP contribution in [0.3, 0.4) is 0 Å². The van der Waals surface area contributed by atoms with Gasteiger partial charge >= 0.3 is 6.03 Å². The molecule has 0 radical (unpaired) electrons. The first-order valence-corrected chi connectivity index (χ1v) is 9.05. The number of amides is 2. The van der Waals surface area contributed by atoms with E-state index in [1.54, 1.807) is 6.07 Å². The summed E-state index contributed by atoms with van der Waals surface area (Å²) in [5.74, 6) is 1.65. The van der Waals surface area contributed by atoms with E-state index in [0.29, 0.717) is 15.2 Å². The molecule has 0 bridgehead atoms. The Morgan fingerprint density at radius 3 is 3.04 bits per heavy atom. The zero-order valence-electron chi connectivity index (χ0n) is 12.6. The molecule has 0 fully saturated rings. The van der Waals surface area contributed by atoms with Crippen molar-refractivity contribution in [1.29, 1.82) is 0 Å². The van der Waals surface area contributed by atoms with Crippen LogP contribution >= 0.6 is 34.5 Å². The molecule has 2 aromatic rings. The van der Waals surface area contributed by atoms with Crippen LogP contribution in [-0.2, 0) is 19.5 Å². The largest absolute Gasteiger partial charge is 0.334 e. The maximum Gasteiger partial charge on any atom is 0.315 e. The molecular weight excluding hydrogens is 357 g/mol. The van der Waals surface area contributed by atoms with Gasteiger partial charge in [-0.1, -0.05) is 30.1 Å². The highest BCUT2D eigenvalue weighted by Gasteiger charge is 2.25. The van der Waals surface area contributed by atoms with Gasteiger partial charge in [-0.15, -0.1) is 11.3 Å². The number of carbonyl (C=O) groups excluding carboxylic acids is 1. The van der Waals surface area contributed by atoms with E-state index in [1.807, 2.05) is 11.6 Å². The van der Waals surface area contributed by atoms with E-state index in [9.17, 15) is 4.79 Å². The second-order valence-corrected chi connectivity index (χ2v) is 7.62. The number of urea groups is 1. The summed E-state index contributed by atoms with van der Waals surface area (Å²) < 4.78 is 3.10. The van der Waals surface area contributed by atoms with E-state index in [-0.39, 0.29) is 12.1 Å². The van der Waals surface area contributed by atoms with Gasteiger partial charge < -0.3 is 10.6 Å². The molecule has 2 N–H and O–H groups in total. The molecule has 23 heavy (non-hydrogen) atoms. The van der Waals surface area contributed by atoms with Gasteiger partial charge in [-0.05, 0) is 18.9 Å².